The number of pyridine rings is 1. The van der Waals surface area contributed by atoms with Gasteiger partial charge in [0.15, 0.2) is 0 Å². The number of fused-ring (bicyclic) bond motifs is 1. The first kappa shape index (κ1) is 16.0. The summed E-state index contributed by atoms with van der Waals surface area (Å²) in [5.41, 5.74) is 2.38. The van der Waals surface area contributed by atoms with Gasteiger partial charge in [0.05, 0.1) is 22.9 Å². The number of rotatable bonds is 6. The molecule has 5 heteroatoms. The van der Waals surface area contributed by atoms with Crippen LogP contribution in [0.1, 0.15) is 60.9 Å². The molecule has 2 heterocycles. The van der Waals surface area contributed by atoms with Crippen LogP contribution in [0.4, 0.5) is 0 Å². The van der Waals surface area contributed by atoms with Crippen molar-refractivity contribution in [2.45, 2.75) is 51.6 Å². The normalized spacial score (nSPS) is 17.2. The first-order chi connectivity index (χ1) is 11.0. The molecule has 23 heavy (non-hydrogen) atoms. The lowest BCUT2D eigenvalue weighted by molar-refractivity contribution is 0.00410. The Kier molecular flexibility index (Phi) is 4.15. The van der Waals surface area contributed by atoms with Crippen molar-refractivity contribution >= 4 is 11.4 Å². The first-order valence-corrected chi connectivity index (χ1v) is 8.29. The van der Waals surface area contributed by atoms with E-state index < -0.39 is 0 Å². The van der Waals surface area contributed by atoms with Gasteiger partial charge in [-0.25, -0.2) is 4.98 Å². The monoisotopic (exact) mass is 315 g/mol. The molecule has 2 aromatic rings. The van der Waals surface area contributed by atoms with E-state index in [0.717, 1.165) is 23.5 Å². The van der Waals surface area contributed by atoms with E-state index >= 15 is 0 Å². The van der Waals surface area contributed by atoms with Gasteiger partial charge in [0.1, 0.15) is 5.82 Å². The van der Waals surface area contributed by atoms with Gasteiger partial charge in [-0.2, -0.15) is 0 Å². The molecule has 0 radical (unpaired) electrons. The van der Waals surface area contributed by atoms with Crippen molar-refractivity contribution in [3.8, 4) is 0 Å². The molecule has 0 spiro atoms. The fourth-order valence-corrected chi connectivity index (χ4v) is 2.85. The van der Waals surface area contributed by atoms with Crippen LogP contribution in [0.2, 0.25) is 0 Å². The zero-order chi connectivity index (χ0) is 16.6. The molecule has 0 aliphatic heterocycles. The van der Waals surface area contributed by atoms with E-state index in [1.165, 1.54) is 12.8 Å². The maximum absolute atomic E-state index is 12.6. The highest BCUT2D eigenvalue weighted by Gasteiger charge is 2.29. The van der Waals surface area contributed by atoms with Crippen molar-refractivity contribution in [1.82, 2.24) is 14.7 Å². The quantitative estimate of drug-likeness (QED) is 0.891. The summed E-state index contributed by atoms with van der Waals surface area (Å²) in [6, 6.07) is 3.85. The van der Waals surface area contributed by atoms with Gasteiger partial charge in [-0.05, 0) is 45.2 Å². The van der Waals surface area contributed by atoms with Crippen molar-refractivity contribution in [2.75, 3.05) is 13.7 Å². The fraction of sp³-hybridized carbons (Fsp3) is 0.556. The first-order valence-electron chi connectivity index (χ1n) is 8.29. The Balaban J connectivity index is 1.86. The number of amides is 1. The van der Waals surface area contributed by atoms with Gasteiger partial charge in [-0.1, -0.05) is 6.92 Å². The third-order valence-electron chi connectivity index (χ3n) is 5.01. The van der Waals surface area contributed by atoms with E-state index in [1.54, 1.807) is 7.11 Å². The van der Waals surface area contributed by atoms with Crippen LogP contribution in [-0.4, -0.2) is 34.5 Å². The highest BCUT2D eigenvalue weighted by Crippen LogP contribution is 2.39. The largest absolute Gasteiger partial charge is 0.377 e. The molecular formula is C18H25N3O2. The second-order valence-corrected chi connectivity index (χ2v) is 6.67. The molecule has 0 saturated heterocycles. The molecule has 1 atom stereocenters. The maximum Gasteiger partial charge on any atom is 0.253 e. The highest BCUT2D eigenvalue weighted by molar-refractivity contribution is 5.95. The van der Waals surface area contributed by atoms with Gasteiger partial charge in [0.2, 0.25) is 0 Å². The number of aromatic nitrogens is 2. The summed E-state index contributed by atoms with van der Waals surface area (Å²) in [4.78, 5) is 17.1. The van der Waals surface area contributed by atoms with Gasteiger partial charge in [-0.15, -0.1) is 0 Å². The Morgan fingerprint density at radius 1 is 1.48 bits per heavy atom. The molecule has 1 saturated carbocycles. The van der Waals surface area contributed by atoms with Crippen molar-refractivity contribution in [2.24, 2.45) is 0 Å². The maximum atomic E-state index is 12.6. The number of nitrogens with one attached hydrogen (secondary N) is 1. The summed E-state index contributed by atoms with van der Waals surface area (Å²) in [5.74, 6) is 1.57. The van der Waals surface area contributed by atoms with Gasteiger partial charge in [-0.3, -0.25) is 9.20 Å². The van der Waals surface area contributed by atoms with Crippen LogP contribution in [0.3, 0.4) is 0 Å². The van der Waals surface area contributed by atoms with Crippen LogP contribution in [0.25, 0.3) is 5.52 Å². The molecule has 1 amide bonds. The minimum Gasteiger partial charge on any atom is -0.377 e. The molecule has 1 aliphatic carbocycles. The predicted molar refractivity (Wildman–Crippen MR) is 89.9 cm³/mol. The lowest BCUT2D eigenvalue weighted by atomic mass is 10.0. The Hall–Kier alpha value is -1.88. The molecule has 2 aromatic heterocycles. The molecule has 3 rings (SSSR count). The molecule has 1 fully saturated rings. The Morgan fingerprint density at radius 3 is 2.83 bits per heavy atom. The third-order valence-corrected chi connectivity index (χ3v) is 5.01. The number of aryl methyl sites for hydroxylation is 1. The van der Waals surface area contributed by atoms with Gasteiger partial charge in [0, 0.05) is 25.3 Å². The van der Waals surface area contributed by atoms with Gasteiger partial charge in [0.25, 0.3) is 5.91 Å². The van der Waals surface area contributed by atoms with Crippen LogP contribution in [0.15, 0.2) is 18.3 Å². The molecule has 124 valence electrons. The summed E-state index contributed by atoms with van der Waals surface area (Å²) >= 11 is 0. The van der Waals surface area contributed by atoms with Crippen LogP contribution < -0.4 is 5.32 Å². The van der Waals surface area contributed by atoms with E-state index in [4.69, 9.17) is 4.74 Å². The Bertz CT molecular complexity index is 727. The molecular weight excluding hydrogens is 290 g/mol. The number of carbonyl (C=O) groups is 1. The standard InChI is InChI=1S/C18H25N3O2/c1-5-18(3,23-4)11-20-17(22)15-9-8-14-10-19-16(13-6-7-13)21(14)12(15)2/h8-10,13H,5-7,11H2,1-4H3,(H,20,22). The third kappa shape index (κ3) is 2.98. The summed E-state index contributed by atoms with van der Waals surface area (Å²) in [6.07, 6.45) is 5.12. The number of carbonyl (C=O) groups excluding carboxylic acids is 1. The van der Waals surface area contributed by atoms with E-state index in [2.05, 4.69) is 21.6 Å². The molecule has 5 nitrogen and oxygen atoms in total. The second kappa shape index (κ2) is 5.96. The molecule has 1 aliphatic rings. The highest BCUT2D eigenvalue weighted by atomic mass is 16.5. The van der Waals surface area contributed by atoms with Crippen LogP contribution >= 0.6 is 0 Å². The number of nitrogens with zero attached hydrogens (tertiary/aromatic N) is 2. The zero-order valence-electron chi connectivity index (χ0n) is 14.3. The summed E-state index contributed by atoms with van der Waals surface area (Å²) in [5, 5.41) is 3.01. The average Bonchev–Trinajstić information content (AvgIpc) is 3.32. The fourth-order valence-electron chi connectivity index (χ4n) is 2.85. The van der Waals surface area contributed by atoms with E-state index in [1.807, 2.05) is 32.2 Å². The SMILES string of the molecule is CCC(C)(CNC(=O)c1ccc2cnc(C3CC3)n2c1C)OC. The Labute approximate surface area is 137 Å². The van der Waals surface area contributed by atoms with Crippen molar-refractivity contribution in [1.29, 1.82) is 0 Å². The summed E-state index contributed by atoms with van der Waals surface area (Å²) in [6.45, 7) is 6.55. The minimum absolute atomic E-state index is 0.0587. The summed E-state index contributed by atoms with van der Waals surface area (Å²) in [7, 11) is 1.68. The van der Waals surface area contributed by atoms with E-state index in [9.17, 15) is 4.79 Å². The van der Waals surface area contributed by atoms with Crippen LogP contribution in [-0.2, 0) is 4.74 Å². The molecule has 1 N–H and O–H groups in total. The van der Waals surface area contributed by atoms with Crippen molar-refractivity contribution < 1.29 is 9.53 Å². The molecule has 0 bridgehead atoms. The van der Waals surface area contributed by atoms with Gasteiger partial charge >= 0.3 is 0 Å². The van der Waals surface area contributed by atoms with Crippen LogP contribution in [0.5, 0.6) is 0 Å². The van der Waals surface area contributed by atoms with E-state index in [-0.39, 0.29) is 11.5 Å². The number of ether oxygens (including phenoxy) is 1. The lowest BCUT2D eigenvalue weighted by Gasteiger charge is -2.27. The smallest absolute Gasteiger partial charge is 0.253 e. The van der Waals surface area contributed by atoms with Crippen molar-refractivity contribution in [3.05, 3.63) is 35.4 Å². The number of imidazole rings is 1. The van der Waals surface area contributed by atoms with Crippen LogP contribution in [0, 0.1) is 6.92 Å². The summed E-state index contributed by atoms with van der Waals surface area (Å²) < 4.78 is 7.62. The van der Waals surface area contributed by atoms with E-state index in [0.29, 0.717) is 18.0 Å². The topological polar surface area (TPSA) is 55.6 Å². The predicted octanol–water partition coefficient (Wildman–Crippen LogP) is 3.07. The molecule has 0 aromatic carbocycles. The minimum atomic E-state index is -0.332. The molecule has 1 unspecified atom stereocenters. The number of methoxy groups -OCH3 is 1. The average molecular weight is 315 g/mol. The number of hydrogen-bond acceptors (Lipinski definition) is 3. The van der Waals surface area contributed by atoms with Crippen molar-refractivity contribution in [3.63, 3.8) is 0 Å². The second-order valence-electron chi connectivity index (χ2n) is 6.67. The number of hydrogen-bond donors (Lipinski definition) is 1. The van der Waals surface area contributed by atoms with Gasteiger partial charge < -0.3 is 10.1 Å². The Morgan fingerprint density at radius 2 is 2.22 bits per heavy atom. The zero-order valence-corrected chi connectivity index (χ0v) is 14.3. The lowest BCUT2D eigenvalue weighted by Crippen LogP contribution is -2.41.